The molecule has 1 N–H and O–H groups in total. The number of amides is 1. The van der Waals surface area contributed by atoms with Gasteiger partial charge < -0.3 is 0 Å². The molecule has 0 bridgehead atoms. The molecule has 0 unspecified atom stereocenters. The van der Waals surface area contributed by atoms with Crippen molar-refractivity contribution < 1.29 is 4.79 Å². The first kappa shape index (κ1) is 17.1. The Labute approximate surface area is 147 Å². The number of rotatable bonds is 7. The van der Waals surface area contributed by atoms with E-state index in [0.717, 1.165) is 48.4 Å². The summed E-state index contributed by atoms with van der Waals surface area (Å²) in [5.41, 5.74) is 3.42. The van der Waals surface area contributed by atoms with E-state index in [2.05, 4.69) is 27.2 Å². The number of nitrogens with one attached hydrogen (secondary N) is 1. The van der Waals surface area contributed by atoms with Gasteiger partial charge in [0.25, 0.3) is 0 Å². The third-order valence-electron chi connectivity index (χ3n) is 4.11. The van der Waals surface area contributed by atoms with Crippen LogP contribution < -0.4 is 5.32 Å². The third kappa shape index (κ3) is 4.02. The van der Waals surface area contributed by atoms with Gasteiger partial charge in [0.1, 0.15) is 5.65 Å². The van der Waals surface area contributed by atoms with E-state index in [4.69, 9.17) is 0 Å². The van der Waals surface area contributed by atoms with Crippen LogP contribution in [0, 0.1) is 6.92 Å². The first-order valence-corrected chi connectivity index (χ1v) is 8.76. The Morgan fingerprint density at radius 3 is 2.88 bits per heavy atom. The standard InChI is InChI=1S/C19H23N5O/c1-3-4-5-6-10-17(25)23-19-20-12-11-15(22-19)18-14(2)21-16-9-7-8-13-24(16)18/h7-9,11-13H,3-6,10H2,1-2H3,(H,20,22,23,25). The van der Waals surface area contributed by atoms with Crippen molar-refractivity contribution in [3.05, 3.63) is 42.4 Å². The fourth-order valence-corrected chi connectivity index (χ4v) is 2.87. The van der Waals surface area contributed by atoms with Crippen molar-refractivity contribution in [1.82, 2.24) is 19.4 Å². The van der Waals surface area contributed by atoms with Crippen LogP contribution in [0.2, 0.25) is 0 Å². The van der Waals surface area contributed by atoms with Gasteiger partial charge in [-0.05, 0) is 31.5 Å². The maximum Gasteiger partial charge on any atom is 0.229 e. The molecule has 6 nitrogen and oxygen atoms in total. The Kier molecular flexibility index (Phi) is 5.38. The van der Waals surface area contributed by atoms with Crippen molar-refractivity contribution in [2.45, 2.75) is 46.0 Å². The minimum Gasteiger partial charge on any atom is -0.298 e. The molecule has 3 aromatic heterocycles. The number of aryl methyl sites for hydroxylation is 1. The van der Waals surface area contributed by atoms with Gasteiger partial charge in [-0.1, -0.05) is 32.3 Å². The van der Waals surface area contributed by atoms with E-state index in [9.17, 15) is 4.79 Å². The Morgan fingerprint density at radius 1 is 1.16 bits per heavy atom. The predicted octanol–water partition coefficient (Wildman–Crippen LogP) is 4.01. The summed E-state index contributed by atoms with van der Waals surface area (Å²) in [5.74, 6) is 0.298. The lowest BCUT2D eigenvalue weighted by atomic mass is 10.1. The topological polar surface area (TPSA) is 72.2 Å². The summed E-state index contributed by atoms with van der Waals surface area (Å²) in [6.07, 6.45) is 8.41. The molecule has 0 aliphatic rings. The Morgan fingerprint density at radius 2 is 2.04 bits per heavy atom. The second kappa shape index (κ2) is 7.88. The van der Waals surface area contributed by atoms with Gasteiger partial charge in [-0.25, -0.2) is 15.0 Å². The van der Waals surface area contributed by atoms with Crippen LogP contribution in [0.5, 0.6) is 0 Å². The number of imidazole rings is 1. The largest absolute Gasteiger partial charge is 0.298 e. The van der Waals surface area contributed by atoms with Gasteiger partial charge in [0.05, 0.1) is 17.1 Å². The first-order valence-electron chi connectivity index (χ1n) is 8.76. The molecule has 0 aliphatic carbocycles. The van der Waals surface area contributed by atoms with Gasteiger partial charge in [-0.3, -0.25) is 14.5 Å². The summed E-state index contributed by atoms with van der Waals surface area (Å²) in [6, 6.07) is 7.70. The molecule has 0 fully saturated rings. The van der Waals surface area contributed by atoms with Crippen molar-refractivity contribution in [1.29, 1.82) is 0 Å². The van der Waals surface area contributed by atoms with Crippen LogP contribution >= 0.6 is 0 Å². The predicted molar refractivity (Wildman–Crippen MR) is 98.3 cm³/mol. The molecule has 0 radical (unpaired) electrons. The molecular weight excluding hydrogens is 314 g/mol. The van der Waals surface area contributed by atoms with Crippen LogP contribution in [0.4, 0.5) is 5.95 Å². The Hall–Kier alpha value is -2.76. The zero-order chi connectivity index (χ0) is 17.6. The SMILES string of the molecule is CCCCCCC(=O)Nc1nccc(-c2c(C)nc3ccccn23)n1. The summed E-state index contributed by atoms with van der Waals surface area (Å²) in [5, 5.41) is 2.80. The van der Waals surface area contributed by atoms with Crippen LogP contribution in [0.3, 0.4) is 0 Å². The fourth-order valence-electron chi connectivity index (χ4n) is 2.87. The summed E-state index contributed by atoms with van der Waals surface area (Å²) in [4.78, 5) is 25.3. The molecule has 0 spiro atoms. The number of carbonyl (C=O) groups is 1. The summed E-state index contributed by atoms with van der Waals surface area (Å²) < 4.78 is 1.99. The molecule has 3 aromatic rings. The van der Waals surface area contributed by atoms with Gasteiger partial charge in [0.2, 0.25) is 11.9 Å². The summed E-state index contributed by atoms with van der Waals surface area (Å²) >= 11 is 0. The molecule has 0 aromatic carbocycles. The van der Waals surface area contributed by atoms with E-state index < -0.39 is 0 Å². The number of anilines is 1. The van der Waals surface area contributed by atoms with Gasteiger partial charge in [-0.2, -0.15) is 0 Å². The highest BCUT2D eigenvalue weighted by atomic mass is 16.1. The Bertz CT molecular complexity index is 871. The van der Waals surface area contributed by atoms with Crippen LogP contribution in [-0.2, 0) is 4.79 Å². The smallest absolute Gasteiger partial charge is 0.229 e. The van der Waals surface area contributed by atoms with Crippen LogP contribution in [0.15, 0.2) is 36.7 Å². The van der Waals surface area contributed by atoms with Gasteiger partial charge in [-0.15, -0.1) is 0 Å². The quantitative estimate of drug-likeness (QED) is 0.661. The number of hydrogen-bond acceptors (Lipinski definition) is 4. The van der Waals surface area contributed by atoms with E-state index in [1.165, 1.54) is 0 Å². The zero-order valence-corrected chi connectivity index (χ0v) is 14.7. The van der Waals surface area contributed by atoms with E-state index in [1.807, 2.05) is 41.8 Å². The monoisotopic (exact) mass is 337 g/mol. The molecule has 0 saturated heterocycles. The number of carbonyl (C=O) groups excluding carboxylic acids is 1. The number of nitrogens with zero attached hydrogens (tertiary/aromatic N) is 4. The molecule has 3 rings (SSSR count). The minimum atomic E-state index is -0.0388. The molecule has 0 aliphatic heterocycles. The second-order valence-electron chi connectivity index (χ2n) is 6.10. The number of fused-ring (bicyclic) bond motifs is 1. The van der Waals surface area contributed by atoms with E-state index >= 15 is 0 Å². The fraction of sp³-hybridized carbons (Fsp3) is 0.368. The summed E-state index contributed by atoms with van der Waals surface area (Å²) in [7, 11) is 0. The molecule has 3 heterocycles. The van der Waals surface area contributed by atoms with Crippen LogP contribution in [0.25, 0.3) is 17.0 Å². The maximum absolute atomic E-state index is 12.0. The van der Waals surface area contributed by atoms with Crippen LogP contribution in [-0.4, -0.2) is 25.3 Å². The molecule has 130 valence electrons. The number of pyridine rings is 1. The lowest BCUT2D eigenvalue weighted by molar-refractivity contribution is -0.116. The van der Waals surface area contributed by atoms with Crippen molar-refractivity contribution in [3.8, 4) is 11.4 Å². The average molecular weight is 337 g/mol. The normalized spacial score (nSPS) is 11.0. The third-order valence-corrected chi connectivity index (χ3v) is 4.11. The van der Waals surface area contributed by atoms with Crippen molar-refractivity contribution in [3.63, 3.8) is 0 Å². The molecular formula is C19H23N5O. The molecule has 25 heavy (non-hydrogen) atoms. The highest BCUT2D eigenvalue weighted by Crippen LogP contribution is 2.23. The zero-order valence-electron chi connectivity index (χ0n) is 14.7. The average Bonchev–Trinajstić information content (AvgIpc) is 2.94. The van der Waals surface area contributed by atoms with E-state index in [-0.39, 0.29) is 5.91 Å². The highest BCUT2D eigenvalue weighted by Gasteiger charge is 2.13. The van der Waals surface area contributed by atoms with Crippen molar-refractivity contribution in [2.75, 3.05) is 5.32 Å². The number of unbranched alkanes of at least 4 members (excludes halogenated alkanes) is 3. The lowest BCUT2D eigenvalue weighted by Gasteiger charge is -2.06. The van der Waals surface area contributed by atoms with Gasteiger partial charge in [0, 0.05) is 18.8 Å². The van der Waals surface area contributed by atoms with Crippen LogP contribution in [0.1, 0.15) is 44.7 Å². The lowest BCUT2D eigenvalue weighted by Crippen LogP contribution is -2.13. The number of aromatic nitrogens is 4. The molecule has 1 amide bonds. The first-order chi connectivity index (χ1) is 12.2. The van der Waals surface area contributed by atoms with E-state index in [0.29, 0.717) is 12.4 Å². The van der Waals surface area contributed by atoms with Gasteiger partial charge in [0.15, 0.2) is 0 Å². The minimum absolute atomic E-state index is 0.0388. The Balaban J connectivity index is 1.77. The molecule has 6 heteroatoms. The molecule has 0 atom stereocenters. The second-order valence-corrected chi connectivity index (χ2v) is 6.10. The highest BCUT2D eigenvalue weighted by molar-refractivity contribution is 5.89. The number of hydrogen-bond donors (Lipinski definition) is 1. The van der Waals surface area contributed by atoms with Crippen molar-refractivity contribution in [2.24, 2.45) is 0 Å². The molecule has 0 saturated carbocycles. The van der Waals surface area contributed by atoms with Crippen molar-refractivity contribution >= 4 is 17.5 Å². The van der Waals surface area contributed by atoms with E-state index in [1.54, 1.807) is 6.20 Å². The maximum atomic E-state index is 12.0. The van der Waals surface area contributed by atoms with Gasteiger partial charge >= 0.3 is 0 Å². The summed E-state index contributed by atoms with van der Waals surface area (Å²) in [6.45, 7) is 4.11.